The summed E-state index contributed by atoms with van der Waals surface area (Å²) in [6, 6.07) is 10.7. The molecular formula is C16H12ClF2NS. The minimum absolute atomic E-state index is 0.274. The molecule has 1 aromatic heterocycles. The van der Waals surface area contributed by atoms with Crippen LogP contribution in [0.1, 0.15) is 16.5 Å². The Kier molecular flexibility index (Phi) is 3.93. The Morgan fingerprint density at radius 2 is 1.90 bits per heavy atom. The van der Waals surface area contributed by atoms with Gasteiger partial charge >= 0.3 is 0 Å². The van der Waals surface area contributed by atoms with Crippen LogP contribution in [0.2, 0.25) is 5.02 Å². The molecule has 2 N–H and O–H groups in total. The van der Waals surface area contributed by atoms with Gasteiger partial charge in [0.15, 0.2) is 0 Å². The first kappa shape index (κ1) is 14.4. The molecule has 21 heavy (non-hydrogen) atoms. The molecule has 0 aliphatic carbocycles. The number of hydrogen-bond acceptors (Lipinski definition) is 2. The molecule has 1 unspecified atom stereocenters. The van der Waals surface area contributed by atoms with E-state index in [1.807, 2.05) is 6.07 Å². The van der Waals surface area contributed by atoms with Crippen molar-refractivity contribution < 1.29 is 8.78 Å². The SMILES string of the molecule is NC(Cc1ccc(Cl)cc1F)c1cc2cc(F)ccc2s1. The maximum absolute atomic E-state index is 13.8. The van der Waals surface area contributed by atoms with E-state index < -0.39 is 0 Å². The van der Waals surface area contributed by atoms with E-state index in [2.05, 4.69) is 0 Å². The van der Waals surface area contributed by atoms with E-state index in [-0.39, 0.29) is 17.7 Å². The normalized spacial score (nSPS) is 12.8. The molecule has 0 aliphatic heterocycles. The van der Waals surface area contributed by atoms with Crippen molar-refractivity contribution in [2.75, 3.05) is 0 Å². The zero-order valence-electron chi connectivity index (χ0n) is 10.9. The van der Waals surface area contributed by atoms with Crippen LogP contribution in [0.4, 0.5) is 8.78 Å². The van der Waals surface area contributed by atoms with Crippen molar-refractivity contribution in [2.45, 2.75) is 12.5 Å². The van der Waals surface area contributed by atoms with Crippen molar-refractivity contribution in [2.24, 2.45) is 5.73 Å². The highest BCUT2D eigenvalue weighted by molar-refractivity contribution is 7.19. The summed E-state index contributed by atoms with van der Waals surface area (Å²) in [4.78, 5) is 0.907. The van der Waals surface area contributed by atoms with Gasteiger partial charge in [0, 0.05) is 20.6 Å². The molecule has 2 aromatic carbocycles. The van der Waals surface area contributed by atoms with Crippen molar-refractivity contribution in [1.29, 1.82) is 0 Å². The number of hydrogen-bond donors (Lipinski definition) is 1. The first-order valence-electron chi connectivity index (χ1n) is 6.41. The first-order chi connectivity index (χ1) is 10.0. The topological polar surface area (TPSA) is 26.0 Å². The number of rotatable bonds is 3. The van der Waals surface area contributed by atoms with Gasteiger partial charge < -0.3 is 5.73 Å². The van der Waals surface area contributed by atoms with Crippen LogP contribution in [0, 0.1) is 11.6 Å². The summed E-state index contributed by atoms with van der Waals surface area (Å²) in [6.45, 7) is 0. The number of nitrogens with two attached hydrogens (primary N) is 1. The fourth-order valence-electron chi connectivity index (χ4n) is 2.24. The molecule has 0 fully saturated rings. The fraction of sp³-hybridized carbons (Fsp3) is 0.125. The van der Waals surface area contributed by atoms with E-state index in [9.17, 15) is 8.78 Å². The quantitative estimate of drug-likeness (QED) is 0.715. The monoisotopic (exact) mass is 323 g/mol. The van der Waals surface area contributed by atoms with Gasteiger partial charge in [-0.05, 0) is 53.8 Å². The molecule has 0 aliphatic rings. The third kappa shape index (κ3) is 3.07. The Labute approximate surface area is 130 Å². The van der Waals surface area contributed by atoms with Crippen molar-refractivity contribution in [3.63, 3.8) is 0 Å². The van der Waals surface area contributed by atoms with Gasteiger partial charge in [0.25, 0.3) is 0 Å². The molecule has 0 spiro atoms. The number of thiophene rings is 1. The maximum Gasteiger partial charge on any atom is 0.127 e. The lowest BCUT2D eigenvalue weighted by Gasteiger charge is -2.10. The van der Waals surface area contributed by atoms with E-state index in [0.29, 0.717) is 17.0 Å². The molecule has 3 rings (SSSR count). The van der Waals surface area contributed by atoms with Crippen molar-refractivity contribution in [1.82, 2.24) is 0 Å². The van der Waals surface area contributed by atoms with Gasteiger partial charge in [-0.1, -0.05) is 17.7 Å². The Morgan fingerprint density at radius 1 is 1.10 bits per heavy atom. The second-order valence-corrected chi connectivity index (χ2v) is 6.43. The largest absolute Gasteiger partial charge is 0.323 e. The fourth-order valence-corrected chi connectivity index (χ4v) is 3.45. The zero-order chi connectivity index (χ0) is 15.0. The Bertz CT molecular complexity index is 800. The third-order valence-electron chi connectivity index (χ3n) is 3.32. The summed E-state index contributed by atoms with van der Waals surface area (Å²) in [7, 11) is 0. The lowest BCUT2D eigenvalue weighted by Crippen LogP contribution is -2.12. The van der Waals surface area contributed by atoms with Gasteiger partial charge in [-0.25, -0.2) is 8.78 Å². The molecule has 0 saturated heterocycles. The summed E-state index contributed by atoms with van der Waals surface area (Å²) < 4.78 is 28.0. The van der Waals surface area contributed by atoms with E-state index in [1.54, 1.807) is 18.2 Å². The van der Waals surface area contributed by atoms with Gasteiger partial charge in [-0.3, -0.25) is 0 Å². The number of benzene rings is 2. The summed E-state index contributed by atoms with van der Waals surface area (Å²) in [5, 5.41) is 1.18. The molecule has 0 amide bonds. The lowest BCUT2D eigenvalue weighted by atomic mass is 10.0. The molecule has 5 heteroatoms. The van der Waals surface area contributed by atoms with E-state index >= 15 is 0 Å². The molecule has 0 saturated carbocycles. The first-order valence-corrected chi connectivity index (χ1v) is 7.61. The van der Waals surface area contributed by atoms with Crippen LogP contribution in [0.25, 0.3) is 10.1 Å². The highest BCUT2D eigenvalue weighted by atomic mass is 35.5. The Balaban J connectivity index is 1.87. The Morgan fingerprint density at radius 3 is 2.67 bits per heavy atom. The summed E-state index contributed by atoms with van der Waals surface area (Å²) in [5.41, 5.74) is 6.68. The standard InChI is InChI=1S/C16H12ClF2NS/c17-11-2-1-9(13(19)8-11)6-14(20)16-7-10-5-12(18)3-4-15(10)21-16/h1-5,7-8,14H,6,20H2. The van der Waals surface area contributed by atoms with Gasteiger partial charge in [-0.2, -0.15) is 0 Å². The van der Waals surface area contributed by atoms with Gasteiger partial charge in [-0.15, -0.1) is 11.3 Å². The highest BCUT2D eigenvalue weighted by Crippen LogP contribution is 2.31. The van der Waals surface area contributed by atoms with Crippen LogP contribution >= 0.6 is 22.9 Å². The van der Waals surface area contributed by atoms with Crippen LogP contribution < -0.4 is 5.73 Å². The van der Waals surface area contributed by atoms with Crippen molar-refractivity contribution >= 4 is 33.0 Å². The van der Waals surface area contributed by atoms with Crippen LogP contribution in [0.5, 0.6) is 0 Å². The minimum Gasteiger partial charge on any atom is -0.323 e. The molecule has 0 radical (unpaired) electrons. The molecular weight excluding hydrogens is 312 g/mol. The molecule has 1 nitrogen and oxygen atoms in total. The predicted molar refractivity (Wildman–Crippen MR) is 83.8 cm³/mol. The summed E-state index contributed by atoms with van der Waals surface area (Å²) in [5.74, 6) is -0.630. The van der Waals surface area contributed by atoms with Crippen LogP contribution in [0.3, 0.4) is 0 Å². The van der Waals surface area contributed by atoms with Crippen LogP contribution in [-0.2, 0) is 6.42 Å². The van der Waals surface area contributed by atoms with E-state index in [1.165, 1.54) is 29.5 Å². The summed E-state index contributed by atoms with van der Waals surface area (Å²) in [6.07, 6.45) is 0.373. The minimum atomic E-state index is -0.356. The van der Waals surface area contributed by atoms with E-state index in [4.69, 9.17) is 17.3 Å². The molecule has 3 aromatic rings. The third-order valence-corrected chi connectivity index (χ3v) is 4.80. The smallest absolute Gasteiger partial charge is 0.127 e. The van der Waals surface area contributed by atoms with Gasteiger partial charge in [0.05, 0.1) is 0 Å². The average Bonchev–Trinajstić information content (AvgIpc) is 2.85. The molecule has 1 heterocycles. The van der Waals surface area contributed by atoms with Gasteiger partial charge in [0.2, 0.25) is 0 Å². The Hall–Kier alpha value is -1.49. The lowest BCUT2D eigenvalue weighted by molar-refractivity contribution is 0.595. The highest BCUT2D eigenvalue weighted by Gasteiger charge is 2.14. The zero-order valence-corrected chi connectivity index (χ0v) is 12.5. The summed E-state index contributed by atoms with van der Waals surface area (Å²) >= 11 is 7.24. The molecule has 0 bridgehead atoms. The second-order valence-electron chi connectivity index (χ2n) is 4.88. The van der Waals surface area contributed by atoms with Crippen molar-refractivity contribution in [3.8, 4) is 0 Å². The van der Waals surface area contributed by atoms with Crippen LogP contribution in [-0.4, -0.2) is 0 Å². The molecule has 1 atom stereocenters. The number of fused-ring (bicyclic) bond motifs is 1. The average molecular weight is 324 g/mol. The van der Waals surface area contributed by atoms with E-state index in [0.717, 1.165) is 15.0 Å². The van der Waals surface area contributed by atoms with Crippen LogP contribution in [0.15, 0.2) is 42.5 Å². The second kappa shape index (κ2) is 5.72. The molecule has 108 valence electrons. The number of halogens is 3. The van der Waals surface area contributed by atoms with Gasteiger partial charge in [0.1, 0.15) is 11.6 Å². The van der Waals surface area contributed by atoms with Crippen molar-refractivity contribution in [3.05, 3.63) is 69.6 Å². The maximum atomic E-state index is 13.8. The predicted octanol–water partition coefficient (Wildman–Crippen LogP) is 5.08.